The molecule has 0 spiro atoms. The molecule has 0 unspecified atom stereocenters. The average molecular weight is 319 g/mol. The van der Waals surface area contributed by atoms with Crippen molar-refractivity contribution in [2.75, 3.05) is 23.3 Å². The Morgan fingerprint density at radius 1 is 1.13 bits per heavy atom. The van der Waals surface area contributed by atoms with E-state index in [0.29, 0.717) is 43.7 Å². The van der Waals surface area contributed by atoms with Crippen LogP contribution in [0.15, 0.2) is 18.2 Å². The van der Waals surface area contributed by atoms with E-state index in [0.717, 1.165) is 0 Å². The zero-order valence-electron chi connectivity index (χ0n) is 12.6. The van der Waals surface area contributed by atoms with Crippen LogP contribution in [0, 0.1) is 5.82 Å². The minimum absolute atomic E-state index is 0.206. The van der Waals surface area contributed by atoms with E-state index in [1.165, 1.54) is 6.07 Å². The molecule has 0 saturated carbocycles. The smallest absolute Gasteiger partial charge is 0.249 e. The van der Waals surface area contributed by atoms with Gasteiger partial charge in [0.15, 0.2) is 0 Å². The average Bonchev–Trinajstić information content (AvgIpc) is 2.51. The van der Waals surface area contributed by atoms with E-state index >= 15 is 0 Å². The highest BCUT2D eigenvalue weighted by Gasteiger charge is 2.26. The number of anilines is 2. The zero-order chi connectivity index (χ0) is 16.4. The fourth-order valence-electron chi connectivity index (χ4n) is 2.88. The van der Waals surface area contributed by atoms with Gasteiger partial charge in [-0.1, -0.05) is 0 Å². The molecule has 2 saturated heterocycles. The Balaban J connectivity index is 1.68. The number of nitrogens with zero attached hydrogens (tertiary/aromatic N) is 1. The predicted molar refractivity (Wildman–Crippen MR) is 82.6 cm³/mol. The van der Waals surface area contributed by atoms with Crippen molar-refractivity contribution in [2.24, 2.45) is 0 Å². The highest BCUT2D eigenvalue weighted by molar-refractivity contribution is 6.01. The Bertz CT molecular complexity index is 652. The molecule has 6 nitrogen and oxygen atoms in total. The summed E-state index contributed by atoms with van der Waals surface area (Å²) >= 11 is 0. The molecule has 2 heterocycles. The van der Waals surface area contributed by atoms with Gasteiger partial charge in [-0.2, -0.15) is 0 Å². The van der Waals surface area contributed by atoms with Crippen LogP contribution in [0.3, 0.4) is 0 Å². The van der Waals surface area contributed by atoms with Gasteiger partial charge in [-0.25, -0.2) is 4.39 Å². The Labute approximate surface area is 133 Å². The van der Waals surface area contributed by atoms with Gasteiger partial charge in [-0.05, 0) is 24.6 Å². The summed E-state index contributed by atoms with van der Waals surface area (Å²) in [5.41, 5.74) is 0.958. The SMILES string of the molecule is O=C1CCN(c2ccc(N[C@@H]3CCC(=O)NC3=O)cc2F)CC1. The lowest BCUT2D eigenvalue weighted by atomic mass is 10.1. The van der Waals surface area contributed by atoms with Crippen molar-refractivity contribution in [1.82, 2.24) is 5.32 Å². The third-order valence-electron chi connectivity index (χ3n) is 4.19. The Hall–Kier alpha value is -2.44. The van der Waals surface area contributed by atoms with Gasteiger partial charge in [0.25, 0.3) is 0 Å². The number of rotatable bonds is 3. The van der Waals surface area contributed by atoms with E-state index in [4.69, 9.17) is 0 Å². The summed E-state index contributed by atoms with van der Waals surface area (Å²) < 4.78 is 14.3. The molecular weight excluding hydrogens is 301 g/mol. The second-order valence-electron chi connectivity index (χ2n) is 5.84. The second-order valence-corrected chi connectivity index (χ2v) is 5.84. The van der Waals surface area contributed by atoms with Crippen molar-refractivity contribution >= 4 is 29.0 Å². The van der Waals surface area contributed by atoms with Gasteiger partial charge in [-0.3, -0.25) is 19.7 Å². The Kier molecular flexibility index (Phi) is 4.27. The number of carbonyl (C=O) groups is 3. The molecule has 1 aromatic rings. The maximum Gasteiger partial charge on any atom is 0.249 e. The van der Waals surface area contributed by atoms with Crippen molar-refractivity contribution in [2.45, 2.75) is 31.7 Å². The van der Waals surface area contributed by atoms with Gasteiger partial charge in [0.1, 0.15) is 17.6 Å². The van der Waals surface area contributed by atoms with Crippen LogP contribution in [-0.2, 0) is 14.4 Å². The molecule has 0 aliphatic carbocycles. The molecule has 1 atom stereocenters. The van der Waals surface area contributed by atoms with Gasteiger partial charge in [-0.15, -0.1) is 0 Å². The van der Waals surface area contributed by atoms with E-state index in [9.17, 15) is 18.8 Å². The number of imide groups is 1. The normalized spacial score (nSPS) is 22.0. The molecule has 0 bridgehead atoms. The largest absolute Gasteiger partial charge is 0.374 e. The lowest BCUT2D eigenvalue weighted by Gasteiger charge is -2.29. The van der Waals surface area contributed by atoms with E-state index in [2.05, 4.69) is 10.6 Å². The quantitative estimate of drug-likeness (QED) is 0.819. The van der Waals surface area contributed by atoms with Gasteiger partial charge < -0.3 is 10.2 Å². The van der Waals surface area contributed by atoms with Crippen LogP contribution in [0.2, 0.25) is 0 Å². The standard InChI is InChI=1S/C16H18FN3O3/c17-12-9-10(18-13-2-4-15(22)19-16(13)23)1-3-14(12)20-7-5-11(21)6-8-20/h1,3,9,13,18H,2,4-8H2,(H,19,22,23)/t13-/m1/s1. The molecule has 2 amide bonds. The van der Waals surface area contributed by atoms with E-state index < -0.39 is 11.9 Å². The van der Waals surface area contributed by atoms with E-state index in [-0.39, 0.29) is 24.0 Å². The molecule has 7 heteroatoms. The monoisotopic (exact) mass is 319 g/mol. The number of nitrogens with one attached hydrogen (secondary N) is 2. The molecule has 23 heavy (non-hydrogen) atoms. The number of benzene rings is 1. The molecule has 3 rings (SSSR count). The van der Waals surface area contributed by atoms with Gasteiger partial charge in [0.2, 0.25) is 11.8 Å². The number of hydrogen-bond donors (Lipinski definition) is 2. The lowest BCUT2D eigenvalue weighted by Crippen LogP contribution is -2.47. The van der Waals surface area contributed by atoms with Crippen LogP contribution in [0.4, 0.5) is 15.8 Å². The predicted octanol–water partition coefficient (Wildman–Crippen LogP) is 1.21. The van der Waals surface area contributed by atoms with Crippen LogP contribution in [0.25, 0.3) is 0 Å². The summed E-state index contributed by atoms with van der Waals surface area (Å²) in [5.74, 6) is -0.857. The number of ketones is 1. The molecule has 0 radical (unpaired) electrons. The van der Waals surface area contributed by atoms with Crippen LogP contribution in [0.1, 0.15) is 25.7 Å². The highest BCUT2D eigenvalue weighted by Crippen LogP contribution is 2.26. The maximum atomic E-state index is 14.3. The highest BCUT2D eigenvalue weighted by atomic mass is 19.1. The van der Waals surface area contributed by atoms with Crippen LogP contribution in [-0.4, -0.2) is 36.7 Å². The minimum atomic E-state index is -0.537. The van der Waals surface area contributed by atoms with E-state index in [1.807, 2.05) is 4.90 Å². The fraction of sp³-hybridized carbons (Fsp3) is 0.438. The lowest BCUT2D eigenvalue weighted by molar-refractivity contribution is -0.133. The van der Waals surface area contributed by atoms with Crippen LogP contribution in [0.5, 0.6) is 0 Å². The van der Waals surface area contributed by atoms with Gasteiger partial charge in [0.05, 0.1) is 5.69 Å². The first-order chi connectivity index (χ1) is 11.0. The molecule has 2 N–H and O–H groups in total. The van der Waals surface area contributed by atoms with Crippen molar-refractivity contribution in [3.63, 3.8) is 0 Å². The van der Waals surface area contributed by atoms with Crippen molar-refractivity contribution in [3.05, 3.63) is 24.0 Å². The third-order valence-corrected chi connectivity index (χ3v) is 4.19. The Morgan fingerprint density at radius 3 is 2.52 bits per heavy atom. The molecule has 2 aliphatic rings. The molecule has 2 fully saturated rings. The first-order valence-corrected chi connectivity index (χ1v) is 7.69. The second kappa shape index (κ2) is 6.36. The number of piperidine rings is 2. The molecule has 0 aromatic heterocycles. The number of halogens is 1. The van der Waals surface area contributed by atoms with Crippen LogP contribution < -0.4 is 15.5 Å². The maximum absolute atomic E-state index is 14.3. The first-order valence-electron chi connectivity index (χ1n) is 7.69. The third kappa shape index (κ3) is 3.49. The van der Waals surface area contributed by atoms with Crippen molar-refractivity contribution < 1.29 is 18.8 Å². The number of hydrogen-bond acceptors (Lipinski definition) is 5. The van der Waals surface area contributed by atoms with Gasteiger partial charge >= 0.3 is 0 Å². The first kappa shape index (κ1) is 15.5. The molecular formula is C16H18FN3O3. The van der Waals surface area contributed by atoms with E-state index in [1.54, 1.807) is 12.1 Å². The number of Topliss-reactive ketones (excluding diaryl/α,β-unsaturated/α-hetero) is 1. The molecule has 1 aromatic carbocycles. The number of amides is 2. The van der Waals surface area contributed by atoms with Crippen LogP contribution >= 0.6 is 0 Å². The van der Waals surface area contributed by atoms with Crippen molar-refractivity contribution in [3.8, 4) is 0 Å². The van der Waals surface area contributed by atoms with Gasteiger partial charge in [0, 0.05) is 38.0 Å². The summed E-state index contributed by atoms with van der Waals surface area (Å²) in [6, 6.07) is 4.17. The zero-order valence-corrected chi connectivity index (χ0v) is 12.6. The summed E-state index contributed by atoms with van der Waals surface area (Å²) in [6.07, 6.45) is 1.54. The molecule has 2 aliphatic heterocycles. The molecule has 122 valence electrons. The summed E-state index contributed by atoms with van der Waals surface area (Å²) in [4.78, 5) is 35.9. The fourth-order valence-corrected chi connectivity index (χ4v) is 2.88. The number of carbonyl (C=O) groups excluding carboxylic acids is 3. The summed E-state index contributed by atoms with van der Waals surface area (Å²) in [5, 5.41) is 5.21. The Morgan fingerprint density at radius 2 is 1.87 bits per heavy atom. The topological polar surface area (TPSA) is 78.5 Å². The summed E-state index contributed by atoms with van der Waals surface area (Å²) in [7, 11) is 0. The van der Waals surface area contributed by atoms with Crippen molar-refractivity contribution in [1.29, 1.82) is 0 Å². The summed E-state index contributed by atoms with van der Waals surface area (Å²) in [6.45, 7) is 1.05. The minimum Gasteiger partial charge on any atom is -0.374 e.